The van der Waals surface area contributed by atoms with Gasteiger partial charge in [0.05, 0.1) is 0 Å². The Morgan fingerprint density at radius 1 is 1.03 bits per heavy atom. The summed E-state index contributed by atoms with van der Waals surface area (Å²) in [4.78, 5) is 42.9. The number of hydrogen-bond acceptors (Lipinski definition) is 5. The van der Waals surface area contributed by atoms with Gasteiger partial charge in [-0.3, -0.25) is 9.59 Å². The normalized spacial score (nSPS) is 18.5. The third-order valence-corrected chi connectivity index (χ3v) is 6.55. The van der Waals surface area contributed by atoms with Crippen LogP contribution in [-0.4, -0.2) is 51.1 Å². The summed E-state index contributed by atoms with van der Waals surface area (Å²) in [6.45, 7) is 15.0. The van der Waals surface area contributed by atoms with E-state index in [1.165, 1.54) is 12.1 Å². The first-order chi connectivity index (χ1) is 18.1. The quantitative estimate of drug-likeness (QED) is 0.438. The summed E-state index contributed by atoms with van der Waals surface area (Å²) in [5.74, 6) is -0.321. The minimum Gasteiger partial charge on any atom is -0.508 e. The summed E-state index contributed by atoms with van der Waals surface area (Å²) in [5.41, 5.74) is 1.12. The van der Waals surface area contributed by atoms with E-state index in [4.69, 9.17) is 4.74 Å². The minimum absolute atomic E-state index is 0.105. The number of rotatable bonds is 8. The maximum absolute atomic E-state index is 14.5. The van der Waals surface area contributed by atoms with E-state index >= 15 is 0 Å². The Morgan fingerprint density at radius 3 is 2.13 bits per heavy atom. The molecule has 0 heterocycles. The first kappa shape index (κ1) is 30.0. The largest absolute Gasteiger partial charge is 0.508 e. The minimum atomic E-state index is -0.994. The molecule has 2 aromatic rings. The number of amides is 3. The highest BCUT2D eigenvalue weighted by atomic mass is 16.6. The van der Waals surface area contributed by atoms with E-state index in [-0.39, 0.29) is 35.9 Å². The molecule has 3 N–H and O–H groups in total. The molecule has 39 heavy (non-hydrogen) atoms. The zero-order chi connectivity index (χ0) is 29.1. The van der Waals surface area contributed by atoms with Crippen LogP contribution in [0.3, 0.4) is 0 Å². The van der Waals surface area contributed by atoms with Crippen LogP contribution in [-0.2, 0) is 20.7 Å². The number of nitrogens with one attached hydrogen (secondary N) is 2. The van der Waals surface area contributed by atoms with Gasteiger partial charge in [-0.2, -0.15) is 0 Å². The summed E-state index contributed by atoms with van der Waals surface area (Å²) >= 11 is 0. The molecule has 1 aliphatic rings. The number of ether oxygens (including phenoxy) is 1. The van der Waals surface area contributed by atoms with Crippen LogP contribution in [0, 0.1) is 12.8 Å². The predicted octanol–water partition coefficient (Wildman–Crippen LogP) is 5.03. The number of aryl methyl sites for hydroxylation is 1. The fourth-order valence-corrected chi connectivity index (χ4v) is 4.62. The first-order valence-electron chi connectivity index (χ1n) is 13.5. The molecule has 0 aliphatic heterocycles. The number of nitrogens with zero attached hydrogens (tertiary/aromatic N) is 1. The molecule has 212 valence electrons. The van der Waals surface area contributed by atoms with Crippen molar-refractivity contribution in [2.75, 3.05) is 0 Å². The molecule has 1 saturated carbocycles. The van der Waals surface area contributed by atoms with E-state index in [2.05, 4.69) is 17.6 Å². The number of benzene rings is 2. The van der Waals surface area contributed by atoms with Crippen molar-refractivity contribution in [1.29, 1.82) is 0 Å². The van der Waals surface area contributed by atoms with Crippen LogP contribution in [0.2, 0.25) is 0 Å². The van der Waals surface area contributed by atoms with Crippen LogP contribution in [0.4, 0.5) is 4.79 Å². The van der Waals surface area contributed by atoms with Crippen LogP contribution in [0.15, 0.2) is 48.5 Å². The highest BCUT2D eigenvalue weighted by molar-refractivity contribution is 5.93. The highest BCUT2D eigenvalue weighted by Gasteiger charge is 2.48. The fraction of sp³-hybridized carbons (Fsp3) is 0.516. The molecule has 3 amide bonds. The molecule has 0 aromatic heterocycles. The van der Waals surface area contributed by atoms with E-state index < -0.39 is 29.3 Å². The summed E-state index contributed by atoms with van der Waals surface area (Å²) in [7, 11) is 0. The van der Waals surface area contributed by atoms with Gasteiger partial charge in [0.1, 0.15) is 23.4 Å². The average molecular weight is 538 g/mol. The number of phenols is 1. The topological polar surface area (TPSA) is 108 Å². The van der Waals surface area contributed by atoms with Crippen molar-refractivity contribution in [1.82, 2.24) is 15.5 Å². The molecule has 0 bridgehead atoms. The lowest BCUT2D eigenvalue weighted by atomic mass is 9.95. The Balaban J connectivity index is 2.07. The monoisotopic (exact) mass is 537 g/mol. The zero-order valence-corrected chi connectivity index (χ0v) is 24.4. The van der Waals surface area contributed by atoms with Gasteiger partial charge in [0.2, 0.25) is 11.8 Å². The maximum atomic E-state index is 14.5. The second-order valence-electron chi connectivity index (χ2n) is 12.6. The molecule has 4 unspecified atom stereocenters. The second kappa shape index (κ2) is 11.7. The first-order valence-corrected chi connectivity index (χ1v) is 13.5. The van der Waals surface area contributed by atoms with Crippen molar-refractivity contribution in [3.05, 3.63) is 65.2 Å². The Labute approximate surface area is 232 Å². The standard InChI is InChI=1S/C31H43N3O5/c1-19-11-9-10-12-23(19)26(27(36)33-30(3,4)5)34(25-17-20(25)2)28(37)24(32-29(38)39-31(6,7)8)18-21-13-15-22(35)16-14-21/h9-16,20,24-26,35H,17-18H2,1-8H3,(H,32,38)(H,33,36). The SMILES string of the molecule is Cc1ccccc1C(C(=O)NC(C)(C)C)N(C(=O)C(Cc1ccc(O)cc1)NC(=O)OC(C)(C)C)C1CC1C. The Morgan fingerprint density at radius 2 is 1.62 bits per heavy atom. The Bertz CT molecular complexity index is 1180. The number of alkyl carbamates (subject to hydrolysis) is 1. The summed E-state index contributed by atoms with van der Waals surface area (Å²) in [6, 6.07) is 12.0. The third kappa shape index (κ3) is 8.47. The summed E-state index contributed by atoms with van der Waals surface area (Å²) in [5, 5.41) is 15.6. The summed E-state index contributed by atoms with van der Waals surface area (Å²) in [6.07, 6.45) is 0.210. The molecule has 4 atom stereocenters. The second-order valence-corrected chi connectivity index (χ2v) is 12.6. The third-order valence-electron chi connectivity index (χ3n) is 6.55. The fourth-order valence-electron chi connectivity index (χ4n) is 4.62. The molecule has 0 saturated heterocycles. The molecule has 1 aliphatic carbocycles. The van der Waals surface area contributed by atoms with E-state index in [9.17, 15) is 19.5 Å². The van der Waals surface area contributed by atoms with Crippen molar-refractivity contribution in [3.63, 3.8) is 0 Å². The number of carbonyl (C=O) groups excluding carboxylic acids is 3. The van der Waals surface area contributed by atoms with Gasteiger partial charge >= 0.3 is 6.09 Å². The lowest BCUT2D eigenvalue weighted by Gasteiger charge is -2.37. The van der Waals surface area contributed by atoms with Crippen molar-refractivity contribution in [3.8, 4) is 5.75 Å². The van der Waals surface area contributed by atoms with Gasteiger partial charge in [-0.05, 0) is 89.6 Å². The smallest absolute Gasteiger partial charge is 0.408 e. The summed E-state index contributed by atoms with van der Waals surface area (Å²) < 4.78 is 5.49. The molecule has 8 nitrogen and oxygen atoms in total. The number of hydrogen-bond donors (Lipinski definition) is 3. The van der Waals surface area contributed by atoms with E-state index in [1.807, 2.05) is 52.0 Å². The van der Waals surface area contributed by atoms with Crippen molar-refractivity contribution in [2.45, 2.75) is 97.5 Å². The van der Waals surface area contributed by atoms with Crippen molar-refractivity contribution >= 4 is 17.9 Å². The van der Waals surface area contributed by atoms with E-state index in [0.29, 0.717) is 0 Å². The van der Waals surface area contributed by atoms with Crippen LogP contribution in [0.1, 0.15) is 77.6 Å². The van der Waals surface area contributed by atoms with Gasteiger partial charge < -0.3 is 25.4 Å². The lowest BCUT2D eigenvalue weighted by molar-refractivity contribution is -0.144. The number of phenolic OH excluding ortho intramolecular Hbond substituents is 1. The molecule has 0 spiro atoms. The van der Waals surface area contributed by atoms with Gasteiger partial charge in [-0.15, -0.1) is 0 Å². The Kier molecular flexibility index (Phi) is 8.98. The molecular weight excluding hydrogens is 494 g/mol. The van der Waals surface area contributed by atoms with Gasteiger partial charge in [0, 0.05) is 18.0 Å². The molecule has 2 aromatic carbocycles. The van der Waals surface area contributed by atoms with Gasteiger partial charge in [0.15, 0.2) is 0 Å². The maximum Gasteiger partial charge on any atom is 0.408 e. The number of aromatic hydroxyl groups is 1. The lowest BCUT2D eigenvalue weighted by Crippen LogP contribution is -2.56. The number of carbonyl (C=O) groups is 3. The molecule has 3 rings (SSSR count). The molecule has 0 radical (unpaired) electrons. The molecule has 8 heteroatoms. The zero-order valence-electron chi connectivity index (χ0n) is 24.4. The Hall–Kier alpha value is -3.55. The van der Waals surface area contributed by atoms with Crippen molar-refractivity contribution < 1.29 is 24.2 Å². The molecule has 1 fully saturated rings. The highest BCUT2D eigenvalue weighted by Crippen LogP contribution is 2.41. The van der Waals surface area contributed by atoms with Gasteiger partial charge in [0.25, 0.3) is 0 Å². The van der Waals surface area contributed by atoms with Gasteiger partial charge in [-0.25, -0.2) is 4.79 Å². The van der Waals surface area contributed by atoms with E-state index in [1.54, 1.807) is 37.8 Å². The molecular formula is C31H43N3O5. The van der Waals surface area contributed by atoms with Crippen molar-refractivity contribution in [2.24, 2.45) is 5.92 Å². The van der Waals surface area contributed by atoms with Crippen LogP contribution >= 0.6 is 0 Å². The predicted molar refractivity (Wildman–Crippen MR) is 151 cm³/mol. The van der Waals surface area contributed by atoms with Crippen LogP contribution < -0.4 is 10.6 Å². The van der Waals surface area contributed by atoms with Gasteiger partial charge in [-0.1, -0.05) is 43.3 Å². The van der Waals surface area contributed by atoms with Crippen LogP contribution in [0.25, 0.3) is 0 Å². The average Bonchev–Trinajstić information content (AvgIpc) is 3.52. The van der Waals surface area contributed by atoms with E-state index in [0.717, 1.165) is 23.1 Å². The van der Waals surface area contributed by atoms with Crippen LogP contribution in [0.5, 0.6) is 5.75 Å².